The zero-order valence-corrected chi connectivity index (χ0v) is 14.9. The molecule has 7 nitrogen and oxygen atoms in total. The third kappa shape index (κ3) is 3.83. The van der Waals surface area contributed by atoms with Gasteiger partial charge in [0, 0.05) is 28.6 Å². The number of benzene rings is 1. The predicted octanol–water partition coefficient (Wildman–Crippen LogP) is 2.28. The topological polar surface area (TPSA) is 92.2 Å². The number of amides is 1. The number of aryl methyl sites for hydroxylation is 1. The number of aromatic nitrogens is 4. The molecule has 130 valence electrons. The van der Waals surface area contributed by atoms with E-state index in [2.05, 4.69) is 20.4 Å². The Hall–Kier alpha value is -2.38. The molecule has 0 atom stereocenters. The first kappa shape index (κ1) is 17.4. The van der Waals surface area contributed by atoms with E-state index in [9.17, 15) is 9.59 Å². The SMILES string of the molecule is Cc1nc2nc[nH]n2c(=O)c1CCC(=O)NCc1ccc(Cl)cc1Cl. The largest absolute Gasteiger partial charge is 0.352 e. The van der Waals surface area contributed by atoms with E-state index in [1.807, 2.05) is 0 Å². The summed E-state index contributed by atoms with van der Waals surface area (Å²) in [5, 5.41) is 6.53. The summed E-state index contributed by atoms with van der Waals surface area (Å²) in [6.45, 7) is 2.03. The Bertz CT molecular complexity index is 996. The summed E-state index contributed by atoms with van der Waals surface area (Å²) >= 11 is 11.9. The number of rotatable bonds is 5. The van der Waals surface area contributed by atoms with E-state index in [-0.39, 0.29) is 17.9 Å². The zero-order valence-electron chi connectivity index (χ0n) is 13.3. The van der Waals surface area contributed by atoms with Gasteiger partial charge in [0.2, 0.25) is 5.91 Å². The van der Waals surface area contributed by atoms with E-state index in [0.717, 1.165) is 5.56 Å². The Morgan fingerprint density at radius 1 is 1.36 bits per heavy atom. The number of fused-ring (bicyclic) bond motifs is 1. The lowest BCUT2D eigenvalue weighted by Gasteiger charge is -2.08. The standard InChI is InChI=1S/C16H15Cl2N5O2/c1-9-12(15(25)23-16(22-9)20-8-21-23)4-5-14(24)19-7-10-2-3-11(17)6-13(10)18/h2-3,6,8H,4-5,7H2,1H3,(H,19,24)(H,20,21,22). The van der Waals surface area contributed by atoms with E-state index in [1.54, 1.807) is 25.1 Å². The molecular weight excluding hydrogens is 365 g/mol. The maximum atomic E-state index is 12.4. The van der Waals surface area contributed by atoms with Gasteiger partial charge < -0.3 is 5.32 Å². The Morgan fingerprint density at radius 2 is 2.16 bits per heavy atom. The van der Waals surface area contributed by atoms with Crippen LogP contribution in [-0.2, 0) is 17.8 Å². The number of hydrogen-bond acceptors (Lipinski definition) is 4. The van der Waals surface area contributed by atoms with Gasteiger partial charge in [0.15, 0.2) is 0 Å². The predicted molar refractivity (Wildman–Crippen MR) is 95.0 cm³/mol. The first-order valence-electron chi connectivity index (χ1n) is 7.58. The lowest BCUT2D eigenvalue weighted by Crippen LogP contribution is -2.26. The molecular formula is C16H15Cl2N5O2. The molecule has 0 aliphatic carbocycles. The number of aromatic amines is 1. The minimum Gasteiger partial charge on any atom is -0.352 e. The summed E-state index contributed by atoms with van der Waals surface area (Å²) < 4.78 is 1.26. The Labute approximate surface area is 153 Å². The molecule has 2 aromatic heterocycles. The van der Waals surface area contributed by atoms with Gasteiger partial charge in [-0.15, -0.1) is 0 Å². The Balaban J connectivity index is 1.63. The molecule has 0 saturated carbocycles. The molecule has 2 heterocycles. The van der Waals surface area contributed by atoms with Crippen molar-refractivity contribution in [3.63, 3.8) is 0 Å². The molecule has 0 spiro atoms. The molecule has 1 aromatic carbocycles. The third-order valence-electron chi connectivity index (χ3n) is 3.83. The van der Waals surface area contributed by atoms with Crippen LogP contribution in [-0.4, -0.2) is 25.5 Å². The third-order valence-corrected chi connectivity index (χ3v) is 4.41. The van der Waals surface area contributed by atoms with Crippen molar-refractivity contribution in [3.8, 4) is 0 Å². The van der Waals surface area contributed by atoms with Crippen LogP contribution < -0.4 is 10.9 Å². The van der Waals surface area contributed by atoms with Crippen LogP contribution in [0.3, 0.4) is 0 Å². The van der Waals surface area contributed by atoms with E-state index in [1.165, 1.54) is 10.8 Å². The number of nitrogens with zero attached hydrogens (tertiary/aromatic N) is 3. The second-order valence-corrected chi connectivity index (χ2v) is 6.36. The molecule has 0 aliphatic heterocycles. The van der Waals surface area contributed by atoms with Crippen molar-refractivity contribution in [2.24, 2.45) is 0 Å². The van der Waals surface area contributed by atoms with Gasteiger partial charge in [-0.05, 0) is 31.0 Å². The van der Waals surface area contributed by atoms with Gasteiger partial charge in [-0.25, -0.2) is 9.97 Å². The molecule has 0 radical (unpaired) electrons. The highest BCUT2D eigenvalue weighted by Gasteiger charge is 2.13. The number of carbonyl (C=O) groups excluding carboxylic acids is 1. The van der Waals surface area contributed by atoms with Crippen LogP contribution >= 0.6 is 23.2 Å². The molecule has 25 heavy (non-hydrogen) atoms. The number of H-pyrrole nitrogens is 1. The maximum absolute atomic E-state index is 12.4. The van der Waals surface area contributed by atoms with Gasteiger partial charge in [0.1, 0.15) is 6.33 Å². The van der Waals surface area contributed by atoms with Gasteiger partial charge in [-0.1, -0.05) is 29.3 Å². The Morgan fingerprint density at radius 3 is 2.92 bits per heavy atom. The lowest BCUT2D eigenvalue weighted by molar-refractivity contribution is -0.121. The second-order valence-electron chi connectivity index (χ2n) is 5.52. The maximum Gasteiger partial charge on any atom is 0.277 e. The van der Waals surface area contributed by atoms with Crippen molar-refractivity contribution in [1.29, 1.82) is 0 Å². The quantitative estimate of drug-likeness (QED) is 0.711. The van der Waals surface area contributed by atoms with Gasteiger partial charge in [0.25, 0.3) is 11.3 Å². The van der Waals surface area contributed by atoms with Crippen molar-refractivity contribution < 1.29 is 4.79 Å². The van der Waals surface area contributed by atoms with E-state index < -0.39 is 0 Å². The molecule has 0 aliphatic rings. The summed E-state index contributed by atoms with van der Waals surface area (Å²) in [4.78, 5) is 32.6. The lowest BCUT2D eigenvalue weighted by atomic mass is 10.1. The van der Waals surface area contributed by atoms with E-state index in [4.69, 9.17) is 23.2 Å². The number of carbonyl (C=O) groups is 1. The average molecular weight is 380 g/mol. The monoisotopic (exact) mass is 379 g/mol. The molecule has 3 aromatic rings. The molecule has 9 heteroatoms. The zero-order chi connectivity index (χ0) is 18.0. The smallest absolute Gasteiger partial charge is 0.277 e. The van der Waals surface area contributed by atoms with Crippen molar-refractivity contribution >= 4 is 34.9 Å². The molecule has 3 rings (SSSR count). The van der Waals surface area contributed by atoms with Crippen molar-refractivity contribution in [3.05, 3.63) is 61.7 Å². The molecule has 1 amide bonds. The highest BCUT2D eigenvalue weighted by atomic mass is 35.5. The fourth-order valence-electron chi connectivity index (χ4n) is 2.47. The van der Waals surface area contributed by atoms with Crippen LogP contribution in [0.2, 0.25) is 10.0 Å². The van der Waals surface area contributed by atoms with Gasteiger partial charge in [-0.3, -0.25) is 14.7 Å². The van der Waals surface area contributed by atoms with E-state index in [0.29, 0.717) is 40.0 Å². The first-order chi connectivity index (χ1) is 12.0. The highest BCUT2D eigenvalue weighted by Crippen LogP contribution is 2.20. The highest BCUT2D eigenvalue weighted by molar-refractivity contribution is 6.35. The second kappa shape index (κ2) is 7.25. The number of halogens is 2. The van der Waals surface area contributed by atoms with Crippen LogP contribution in [0.25, 0.3) is 5.78 Å². The molecule has 0 saturated heterocycles. The molecule has 0 bridgehead atoms. The fraction of sp³-hybridized carbons (Fsp3) is 0.250. The first-order valence-corrected chi connectivity index (χ1v) is 8.33. The van der Waals surface area contributed by atoms with Crippen LogP contribution in [0.4, 0.5) is 0 Å². The Kier molecular flexibility index (Phi) is 5.06. The van der Waals surface area contributed by atoms with Gasteiger partial charge in [-0.2, -0.15) is 4.52 Å². The summed E-state index contributed by atoms with van der Waals surface area (Å²) in [5.74, 6) is 0.132. The van der Waals surface area contributed by atoms with E-state index >= 15 is 0 Å². The molecule has 0 unspecified atom stereocenters. The van der Waals surface area contributed by atoms with Crippen molar-refractivity contribution in [2.75, 3.05) is 0 Å². The average Bonchev–Trinajstić information content (AvgIpc) is 3.02. The normalized spacial score (nSPS) is 11.0. The summed E-state index contributed by atoms with van der Waals surface area (Å²) in [6, 6.07) is 5.10. The van der Waals surface area contributed by atoms with Crippen LogP contribution in [0.15, 0.2) is 29.3 Å². The van der Waals surface area contributed by atoms with Crippen LogP contribution in [0.5, 0.6) is 0 Å². The minimum absolute atomic E-state index is 0.170. The molecule has 2 N–H and O–H groups in total. The van der Waals surface area contributed by atoms with Crippen molar-refractivity contribution in [1.82, 2.24) is 24.9 Å². The number of nitrogens with one attached hydrogen (secondary N) is 2. The summed E-state index contributed by atoms with van der Waals surface area (Å²) in [7, 11) is 0. The number of hydrogen-bond donors (Lipinski definition) is 2. The van der Waals surface area contributed by atoms with Crippen LogP contribution in [0.1, 0.15) is 23.2 Å². The van der Waals surface area contributed by atoms with Gasteiger partial charge in [0.05, 0.1) is 5.69 Å². The fourth-order valence-corrected chi connectivity index (χ4v) is 2.94. The molecule has 0 fully saturated rings. The van der Waals surface area contributed by atoms with Crippen molar-refractivity contribution in [2.45, 2.75) is 26.3 Å². The van der Waals surface area contributed by atoms with Gasteiger partial charge >= 0.3 is 0 Å². The van der Waals surface area contributed by atoms with Crippen LogP contribution in [0, 0.1) is 6.92 Å². The minimum atomic E-state index is -0.242. The summed E-state index contributed by atoms with van der Waals surface area (Å²) in [5.41, 5.74) is 1.59. The summed E-state index contributed by atoms with van der Waals surface area (Å²) in [6.07, 6.45) is 1.86.